The first-order valence-corrected chi connectivity index (χ1v) is 9.08. The molecule has 0 aliphatic carbocycles. The summed E-state index contributed by atoms with van der Waals surface area (Å²) in [7, 11) is 0. The standard InChI is InChI=1S/C18H20N6OS/c26-18(22-21-14-6-13-25-15-4-3-8-20-17(14)15)24-11-9-23(10-12-24)16-5-1-2-7-19-16/h1-5,7-8H,6,9-13H2,(H,22,26). The van der Waals surface area contributed by atoms with Crippen molar-refractivity contribution in [2.75, 3.05) is 37.7 Å². The van der Waals surface area contributed by atoms with Crippen LogP contribution in [0.15, 0.2) is 47.8 Å². The minimum Gasteiger partial charge on any atom is -0.491 e. The number of hydrogen-bond acceptors (Lipinski definition) is 6. The molecule has 1 fully saturated rings. The minimum atomic E-state index is 0.606. The second-order valence-electron chi connectivity index (χ2n) is 6.09. The van der Waals surface area contributed by atoms with Crippen LogP contribution in [0.4, 0.5) is 5.82 Å². The van der Waals surface area contributed by atoms with Gasteiger partial charge in [0.25, 0.3) is 0 Å². The molecule has 4 heterocycles. The van der Waals surface area contributed by atoms with Gasteiger partial charge in [-0.2, -0.15) is 5.10 Å². The van der Waals surface area contributed by atoms with Crippen molar-refractivity contribution in [3.8, 4) is 5.75 Å². The maximum atomic E-state index is 5.60. The zero-order valence-corrected chi connectivity index (χ0v) is 15.2. The third-order valence-corrected chi connectivity index (χ3v) is 4.82. The van der Waals surface area contributed by atoms with Crippen LogP contribution in [0.3, 0.4) is 0 Å². The Balaban J connectivity index is 1.35. The third kappa shape index (κ3) is 3.60. The van der Waals surface area contributed by atoms with E-state index in [1.807, 2.05) is 36.5 Å². The van der Waals surface area contributed by atoms with E-state index in [-0.39, 0.29) is 0 Å². The number of pyridine rings is 2. The molecule has 2 aliphatic heterocycles. The monoisotopic (exact) mass is 368 g/mol. The molecular weight excluding hydrogens is 348 g/mol. The lowest BCUT2D eigenvalue weighted by Crippen LogP contribution is -2.51. The number of piperazine rings is 1. The molecule has 8 heteroatoms. The van der Waals surface area contributed by atoms with E-state index in [4.69, 9.17) is 17.0 Å². The van der Waals surface area contributed by atoms with Crippen LogP contribution in [0.1, 0.15) is 12.1 Å². The van der Waals surface area contributed by atoms with Crippen molar-refractivity contribution in [2.24, 2.45) is 5.10 Å². The maximum absolute atomic E-state index is 5.60. The molecule has 0 saturated carbocycles. The second kappa shape index (κ2) is 7.65. The van der Waals surface area contributed by atoms with Crippen molar-refractivity contribution < 1.29 is 4.74 Å². The van der Waals surface area contributed by atoms with Gasteiger partial charge in [-0.05, 0) is 36.5 Å². The Hall–Kier alpha value is -2.74. The van der Waals surface area contributed by atoms with E-state index in [0.717, 1.165) is 49.2 Å². The summed E-state index contributed by atoms with van der Waals surface area (Å²) in [6.07, 6.45) is 4.29. The second-order valence-corrected chi connectivity index (χ2v) is 6.47. The molecule has 0 unspecified atom stereocenters. The summed E-state index contributed by atoms with van der Waals surface area (Å²) in [5.41, 5.74) is 4.70. The first kappa shape index (κ1) is 16.7. The predicted molar refractivity (Wildman–Crippen MR) is 105 cm³/mol. The van der Waals surface area contributed by atoms with Gasteiger partial charge < -0.3 is 14.5 Å². The number of fused-ring (bicyclic) bond motifs is 1. The number of anilines is 1. The summed E-state index contributed by atoms with van der Waals surface area (Å²) in [5, 5.41) is 5.13. The zero-order valence-electron chi connectivity index (χ0n) is 14.3. The van der Waals surface area contributed by atoms with Crippen LogP contribution in [-0.4, -0.2) is 58.5 Å². The summed E-state index contributed by atoms with van der Waals surface area (Å²) >= 11 is 5.52. The molecule has 7 nitrogen and oxygen atoms in total. The topological polar surface area (TPSA) is 65.9 Å². The molecule has 4 rings (SSSR count). The van der Waals surface area contributed by atoms with Crippen LogP contribution in [0.5, 0.6) is 5.75 Å². The van der Waals surface area contributed by atoms with E-state index in [0.29, 0.717) is 18.1 Å². The Bertz CT molecular complexity index is 804. The third-order valence-electron chi connectivity index (χ3n) is 4.47. The van der Waals surface area contributed by atoms with Gasteiger partial charge in [0, 0.05) is 45.0 Å². The Labute approximate surface area is 157 Å². The van der Waals surface area contributed by atoms with Gasteiger partial charge in [0.15, 0.2) is 5.11 Å². The average Bonchev–Trinajstić information content (AvgIpc) is 2.73. The average molecular weight is 368 g/mol. The molecule has 0 bridgehead atoms. The van der Waals surface area contributed by atoms with Crippen molar-refractivity contribution >= 4 is 28.9 Å². The fraction of sp³-hybridized carbons (Fsp3) is 0.333. The maximum Gasteiger partial charge on any atom is 0.189 e. The lowest BCUT2D eigenvalue weighted by atomic mass is 10.1. The molecule has 2 aromatic heterocycles. The van der Waals surface area contributed by atoms with Gasteiger partial charge in [-0.25, -0.2) is 4.98 Å². The number of aromatic nitrogens is 2. The summed E-state index contributed by atoms with van der Waals surface area (Å²) in [4.78, 5) is 13.2. The fourth-order valence-corrected chi connectivity index (χ4v) is 3.30. The lowest BCUT2D eigenvalue weighted by Gasteiger charge is -2.36. The Kier molecular flexibility index (Phi) is 4.92. The molecule has 1 saturated heterocycles. The molecule has 0 amide bonds. The van der Waals surface area contributed by atoms with E-state index >= 15 is 0 Å². The van der Waals surface area contributed by atoms with Crippen LogP contribution in [0.25, 0.3) is 0 Å². The molecule has 0 radical (unpaired) electrons. The Morgan fingerprint density at radius 2 is 1.92 bits per heavy atom. The molecule has 0 spiro atoms. The van der Waals surface area contributed by atoms with Gasteiger partial charge in [0.2, 0.25) is 0 Å². The smallest absolute Gasteiger partial charge is 0.189 e. The van der Waals surface area contributed by atoms with Crippen LogP contribution < -0.4 is 15.1 Å². The van der Waals surface area contributed by atoms with Gasteiger partial charge in [0.1, 0.15) is 17.3 Å². The highest BCUT2D eigenvalue weighted by atomic mass is 32.1. The van der Waals surface area contributed by atoms with Gasteiger partial charge in [-0.15, -0.1) is 0 Å². The Morgan fingerprint density at radius 3 is 2.73 bits per heavy atom. The molecule has 26 heavy (non-hydrogen) atoms. The lowest BCUT2D eigenvalue weighted by molar-refractivity contribution is 0.318. The van der Waals surface area contributed by atoms with E-state index in [1.54, 1.807) is 6.20 Å². The van der Waals surface area contributed by atoms with Crippen molar-refractivity contribution in [3.63, 3.8) is 0 Å². The minimum absolute atomic E-state index is 0.606. The van der Waals surface area contributed by atoms with Crippen LogP contribution in [0, 0.1) is 0 Å². The zero-order chi connectivity index (χ0) is 17.8. The number of rotatable bonds is 2. The van der Waals surface area contributed by atoms with Crippen molar-refractivity contribution in [3.05, 3.63) is 48.4 Å². The van der Waals surface area contributed by atoms with Crippen LogP contribution >= 0.6 is 12.2 Å². The van der Waals surface area contributed by atoms with Crippen LogP contribution in [-0.2, 0) is 0 Å². The molecule has 2 aliphatic rings. The highest BCUT2D eigenvalue weighted by Crippen LogP contribution is 2.22. The molecule has 0 aromatic carbocycles. The largest absolute Gasteiger partial charge is 0.491 e. The molecule has 0 atom stereocenters. The van der Waals surface area contributed by atoms with Gasteiger partial charge in [-0.3, -0.25) is 10.4 Å². The summed E-state index contributed by atoms with van der Waals surface area (Å²) < 4.78 is 5.60. The van der Waals surface area contributed by atoms with E-state index in [2.05, 4.69) is 30.3 Å². The number of nitrogens with zero attached hydrogens (tertiary/aromatic N) is 5. The molecule has 134 valence electrons. The highest BCUT2D eigenvalue weighted by Gasteiger charge is 2.21. The summed E-state index contributed by atoms with van der Waals surface area (Å²) in [6.45, 7) is 4.05. The van der Waals surface area contributed by atoms with E-state index < -0.39 is 0 Å². The molecule has 1 N–H and O–H groups in total. The SMILES string of the molecule is S=C(NN=C1CCOc2cccnc21)N1CCN(c2ccccn2)CC1. The number of thiocarbonyl (C=S) groups is 1. The fourth-order valence-electron chi connectivity index (χ4n) is 3.07. The van der Waals surface area contributed by atoms with Gasteiger partial charge >= 0.3 is 0 Å². The number of hydrogen-bond donors (Lipinski definition) is 1. The van der Waals surface area contributed by atoms with E-state index in [1.165, 1.54) is 0 Å². The first-order chi connectivity index (χ1) is 12.8. The summed E-state index contributed by atoms with van der Waals surface area (Å²) in [6, 6.07) is 9.75. The predicted octanol–water partition coefficient (Wildman–Crippen LogP) is 1.66. The summed E-state index contributed by atoms with van der Waals surface area (Å²) in [5.74, 6) is 1.78. The normalized spacial score (nSPS) is 18.2. The number of hydrazone groups is 1. The number of ether oxygens (including phenoxy) is 1. The highest BCUT2D eigenvalue weighted by molar-refractivity contribution is 7.80. The van der Waals surface area contributed by atoms with Crippen LogP contribution in [0.2, 0.25) is 0 Å². The number of nitrogens with one attached hydrogen (secondary N) is 1. The first-order valence-electron chi connectivity index (χ1n) is 8.67. The van der Waals surface area contributed by atoms with Gasteiger partial charge in [-0.1, -0.05) is 6.07 Å². The quantitative estimate of drug-likeness (QED) is 0.639. The van der Waals surface area contributed by atoms with Crippen molar-refractivity contribution in [2.45, 2.75) is 6.42 Å². The van der Waals surface area contributed by atoms with E-state index in [9.17, 15) is 0 Å². The van der Waals surface area contributed by atoms with Gasteiger partial charge in [0.05, 0.1) is 12.3 Å². The van der Waals surface area contributed by atoms with Crippen molar-refractivity contribution in [1.82, 2.24) is 20.3 Å². The van der Waals surface area contributed by atoms with Crippen molar-refractivity contribution in [1.29, 1.82) is 0 Å². The molecular formula is C18H20N6OS. The molecule has 2 aromatic rings. The Morgan fingerprint density at radius 1 is 1.08 bits per heavy atom.